The smallest absolute Gasteiger partial charge is 0.242 e. The Bertz CT molecular complexity index is 374. The minimum absolute atomic E-state index is 1.02. The zero-order valence-corrected chi connectivity index (χ0v) is 10.0. The summed E-state index contributed by atoms with van der Waals surface area (Å²) in [6.45, 7) is 6.65. The Morgan fingerprint density at radius 1 is 1.14 bits per heavy atom. The van der Waals surface area contributed by atoms with Crippen LogP contribution in [0.15, 0.2) is 30.3 Å². The fourth-order valence-corrected chi connectivity index (χ4v) is 2.53. The van der Waals surface area contributed by atoms with E-state index in [2.05, 4.69) is 50.0 Å². The van der Waals surface area contributed by atoms with E-state index in [1.807, 2.05) is 0 Å². The lowest BCUT2D eigenvalue weighted by Gasteiger charge is -2.20. The highest BCUT2D eigenvalue weighted by atomic mass is 28.4. The van der Waals surface area contributed by atoms with E-state index < -0.39 is 8.32 Å². The predicted molar refractivity (Wildman–Crippen MR) is 62.6 cm³/mol. The van der Waals surface area contributed by atoms with E-state index in [0.29, 0.717) is 0 Å². The summed E-state index contributed by atoms with van der Waals surface area (Å²) in [6.07, 6.45) is 3.22. The molecule has 0 heterocycles. The predicted octanol–water partition coefficient (Wildman–Crippen LogP) is 3.44. The average molecular weight is 204 g/mol. The lowest BCUT2D eigenvalue weighted by molar-refractivity contribution is 0.516. The molecule has 1 aromatic carbocycles. The van der Waals surface area contributed by atoms with Gasteiger partial charge in [0.2, 0.25) is 8.32 Å². The van der Waals surface area contributed by atoms with Crippen LogP contribution in [-0.4, -0.2) is 8.32 Å². The van der Waals surface area contributed by atoms with Gasteiger partial charge in [0.15, 0.2) is 0 Å². The highest BCUT2D eigenvalue weighted by Crippen LogP contribution is 2.30. The number of hydrogen-bond donors (Lipinski definition) is 0. The number of hydrogen-bond acceptors (Lipinski definition) is 1. The van der Waals surface area contributed by atoms with Gasteiger partial charge in [0, 0.05) is 5.56 Å². The Labute approximate surface area is 86.5 Å². The van der Waals surface area contributed by atoms with Crippen molar-refractivity contribution in [2.24, 2.45) is 0 Å². The van der Waals surface area contributed by atoms with Crippen LogP contribution in [0.1, 0.15) is 11.1 Å². The number of benzene rings is 1. The molecule has 2 rings (SSSR count). The first kappa shape index (κ1) is 9.53. The first-order valence-electron chi connectivity index (χ1n) is 5.04. The monoisotopic (exact) mass is 204 g/mol. The Balaban J connectivity index is 2.25. The Kier molecular flexibility index (Phi) is 2.23. The van der Waals surface area contributed by atoms with Gasteiger partial charge in [-0.25, -0.2) is 0 Å². The first-order valence-corrected chi connectivity index (χ1v) is 8.44. The molecule has 0 saturated heterocycles. The molecule has 14 heavy (non-hydrogen) atoms. The average Bonchev–Trinajstić information content (AvgIpc) is 2.47. The molecule has 0 atom stereocenters. The molecule has 74 valence electrons. The molecule has 0 aromatic heterocycles. The van der Waals surface area contributed by atoms with Gasteiger partial charge in [0.1, 0.15) is 5.76 Å². The van der Waals surface area contributed by atoms with Crippen LogP contribution < -0.4 is 0 Å². The van der Waals surface area contributed by atoms with Crippen molar-refractivity contribution in [1.29, 1.82) is 0 Å². The minimum Gasteiger partial charge on any atom is -0.544 e. The minimum atomic E-state index is -1.46. The second-order valence-corrected chi connectivity index (χ2v) is 9.07. The summed E-state index contributed by atoms with van der Waals surface area (Å²) in [5.74, 6) is 1.10. The number of fused-ring (bicyclic) bond motifs is 1. The molecular weight excluding hydrogens is 188 g/mol. The van der Waals surface area contributed by atoms with Crippen LogP contribution in [0.4, 0.5) is 0 Å². The quantitative estimate of drug-likeness (QED) is 0.671. The topological polar surface area (TPSA) is 9.23 Å². The standard InChI is InChI=1S/C12H16OSi/c1-14(2,3)13-12-9-8-10-6-4-5-7-11(10)12/h4-7,9H,8H2,1-3H3. The molecule has 2 heteroatoms. The van der Waals surface area contributed by atoms with Crippen LogP contribution in [0.2, 0.25) is 19.6 Å². The number of rotatable bonds is 2. The molecule has 0 radical (unpaired) electrons. The van der Waals surface area contributed by atoms with E-state index >= 15 is 0 Å². The van der Waals surface area contributed by atoms with Gasteiger partial charge in [-0.3, -0.25) is 0 Å². The largest absolute Gasteiger partial charge is 0.544 e. The van der Waals surface area contributed by atoms with Gasteiger partial charge in [-0.05, 0) is 37.7 Å². The van der Waals surface area contributed by atoms with Gasteiger partial charge in [-0.15, -0.1) is 0 Å². The van der Waals surface area contributed by atoms with Crippen LogP contribution in [0.5, 0.6) is 0 Å². The second-order valence-electron chi connectivity index (χ2n) is 4.64. The lowest BCUT2D eigenvalue weighted by Crippen LogP contribution is -2.24. The van der Waals surface area contributed by atoms with Crippen LogP contribution in [0.25, 0.3) is 5.76 Å². The lowest BCUT2D eigenvalue weighted by atomic mass is 10.1. The molecule has 0 aliphatic heterocycles. The Morgan fingerprint density at radius 3 is 2.57 bits per heavy atom. The fourth-order valence-electron chi connectivity index (χ4n) is 1.68. The van der Waals surface area contributed by atoms with E-state index in [0.717, 1.165) is 12.2 Å². The molecule has 0 bridgehead atoms. The van der Waals surface area contributed by atoms with Gasteiger partial charge < -0.3 is 4.43 Å². The van der Waals surface area contributed by atoms with Gasteiger partial charge in [-0.1, -0.05) is 24.3 Å². The van der Waals surface area contributed by atoms with Crippen LogP contribution in [-0.2, 0) is 10.8 Å². The fraction of sp³-hybridized carbons (Fsp3) is 0.333. The summed E-state index contributed by atoms with van der Waals surface area (Å²) < 4.78 is 6.03. The number of allylic oxidation sites excluding steroid dienone is 1. The molecule has 0 N–H and O–H groups in total. The Hall–Kier alpha value is -1.02. The zero-order chi connectivity index (χ0) is 10.2. The summed E-state index contributed by atoms with van der Waals surface area (Å²) in [6, 6.07) is 8.48. The van der Waals surface area contributed by atoms with E-state index in [-0.39, 0.29) is 0 Å². The van der Waals surface area contributed by atoms with Crippen molar-refractivity contribution in [1.82, 2.24) is 0 Å². The second kappa shape index (κ2) is 3.28. The SMILES string of the molecule is C[Si](C)(C)OC1=CCc2ccccc21. The van der Waals surface area contributed by atoms with Crippen molar-refractivity contribution in [3.05, 3.63) is 41.5 Å². The van der Waals surface area contributed by atoms with Crippen LogP contribution in [0.3, 0.4) is 0 Å². The molecule has 0 spiro atoms. The third-order valence-corrected chi connectivity index (χ3v) is 3.04. The summed E-state index contributed by atoms with van der Waals surface area (Å²) >= 11 is 0. The maximum Gasteiger partial charge on any atom is 0.242 e. The molecule has 1 aliphatic rings. The maximum atomic E-state index is 6.03. The van der Waals surface area contributed by atoms with E-state index in [1.54, 1.807) is 0 Å². The van der Waals surface area contributed by atoms with Gasteiger partial charge in [0.25, 0.3) is 0 Å². The normalized spacial score (nSPS) is 14.9. The zero-order valence-electron chi connectivity index (χ0n) is 9.00. The van der Waals surface area contributed by atoms with E-state index in [1.165, 1.54) is 11.1 Å². The van der Waals surface area contributed by atoms with Crippen molar-refractivity contribution in [3.63, 3.8) is 0 Å². The molecule has 0 amide bonds. The van der Waals surface area contributed by atoms with E-state index in [4.69, 9.17) is 4.43 Å². The summed E-state index contributed by atoms with van der Waals surface area (Å²) in [4.78, 5) is 0. The molecule has 1 aromatic rings. The van der Waals surface area contributed by atoms with E-state index in [9.17, 15) is 0 Å². The molecular formula is C12H16OSi. The van der Waals surface area contributed by atoms with Crippen molar-refractivity contribution >= 4 is 14.1 Å². The third-order valence-electron chi connectivity index (χ3n) is 2.21. The van der Waals surface area contributed by atoms with Crippen LogP contribution >= 0.6 is 0 Å². The highest BCUT2D eigenvalue weighted by molar-refractivity contribution is 6.70. The van der Waals surface area contributed by atoms with Crippen molar-refractivity contribution < 1.29 is 4.43 Å². The molecule has 0 unspecified atom stereocenters. The third kappa shape index (κ3) is 1.90. The summed E-state index contributed by atoms with van der Waals surface area (Å²) in [7, 11) is -1.46. The molecule has 1 nitrogen and oxygen atoms in total. The van der Waals surface area contributed by atoms with Crippen molar-refractivity contribution in [2.45, 2.75) is 26.1 Å². The highest BCUT2D eigenvalue weighted by Gasteiger charge is 2.22. The van der Waals surface area contributed by atoms with Crippen molar-refractivity contribution in [2.75, 3.05) is 0 Å². The van der Waals surface area contributed by atoms with Gasteiger partial charge in [0.05, 0.1) is 0 Å². The summed E-state index contributed by atoms with van der Waals surface area (Å²) in [5, 5.41) is 0. The Morgan fingerprint density at radius 2 is 1.86 bits per heavy atom. The van der Waals surface area contributed by atoms with Crippen molar-refractivity contribution in [3.8, 4) is 0 Å². The van der Waals surface area contributed by atoms with Gasteiger partial charge in [-0.2, -0.15) is 0 Å². The molecule has 0 saturated carbocycles. The first-order chi connectivity index (χ1) is 6.56. The summed E-state index contributed by atoms with van der Waals surface area (Å²) in [5.41, 5.74) is 2.68. The van der Waals surface area contributed by atoms with Crippen LogP contribution in [0, 0.1) is 0 Å². The maximum absolute atomic E-state index is 6.03. The molecule has 1 aliphatic carbocycles. The molecule has 0 fully saturated rings. The van der Waals surface area contributed by atoms with Gasteiger partial charge >= 0.3 is 0 Å².